The topological polar surface area (TPSA) is 21.3 Å². The van der Waals surface area contributed by atoms with Crippen molar-refractivity contribution in [3.05, 3.63) is 0 Å². The molecule has 1 saturated carbocycles. The molecule has 1 fully saturated rings. The lowest BCUT2D eigenvalue weighted by molar-refractivity contribution is -0.0544. The van der Waals surface area contributed by atoms with Crippen LogP contribution < -0.4 is 5.32 Å². The highest BCUT2D eigenvalue weighted by Crippen LogP contribution is 2.31. The summed E-state index contributed by atoms with van der Waals surface area (Å²) in [5.41, 5.74) is -0.0419. The van der Waals surface area contributed by atoms with Crippen molar-refractivity contribution in [3.63, 3.8) is 0 Å². The predicted molar refractivity (Wildman–Crippen MR) is 74.4 cm³/mol. The van der Waals surface area contributed by atoms with E-state index in [1.54, 1.807) is 0 Å². The third kappa shape index (κ3) is 4.59. The molecule has 0 bridgehead atoms. The molecule has 1 N–H and O–H groups in total. The van der Waals surface area contributed by atoms with E-state index < -0.39 is 0 Å². The molecule has 0 radical (unpaired) electrons. The third-order valence-corrected chi connectivity index (χ3v) is 4.06. The monoisotopic (exact) mass is 241 g/mol. The van der Waals surface area contributed by atoms with Gasteiger partial charge in [0.25, 0.3) is 0 Å². The molecule has 0 amide bonds. The van der Waals surface area contributed by atoms with E-state index in [-0.39, 0.29) is 5.60 Å². The molecule has 2 nitrogen and oxygen atoms in total. The van der Waals surface area contributed by atoms with Gasteiger partial charge in [-0.25, -0.2) is 0 Å². The molecule has 1 rings (SSSR count). The minimum absolute atomic E-state index is 0.0419. The Morgan fingerprint density at radius 3 is 2.18 bits per heavy atom. The molecular formula is C15H31NO. The second-order valence-corrected chi connectivity index (χ2v) is 5.82. The SMILES string of the molecule is CCNC(C1CCCCCC1)C(C)(C)OCC. The Hall–Kier alpha value is -0.0800. The number of rotatable bonds is 6. The van der Waals surface area contributed by atoms with Gasteiger partial charge in [-0.1, -0.05) is 32.6 Å². The van der Waals surface area contributed by atoms with Gasteiger partial charge in [0.2, 0.25) is 0 Å². The first kappa shape index (κ1) is 15.0. The highest BCUT2D eigenvalue weighted by atomic mass is 16.5. The van der Waals surface area contributed by atoms with Gasteiger partial charge >= 0.3 is 0 Å². The van der Waals surface area contributed by atoms with Crippen molar-refractivity contribution < 1.29 is 4.74 Å². The van der Waals surface area contributed by atoms with E-state index in [1.165, 1.54) is 38.5 Å². The van der Waals surface area contributed by atoms with Crippen LogP contribution in [0.25, 0.3) is 0 Å². The first-order valence-electron chi connectivity index (χ1n) is 7.49. The summed E-state index contributed by atoms with van der Waals surface area (Å²) in [5, 5.41) is 3.68. The third-order valence-electron chi connectivity index (χ3n) is 4.06. The van der Waals surface area contributed by atoms with Crippen LogP contribution in [0.5, 0.6) is 0 Å². The second kappa shape index (κ2) is 7.38. The Kier molecular flexibility index (Phi) is 6.50. The predicted octanol–water partition coefficient (Wildman–Crippen LogP) is 3.75. The van der Waals surface area contributed by atoms with Crippen molar-refractivity contribution in [2.24, 2.45) is 5.92 Å². The highest BCUT2D eigenvalue weighted by molar-refractivity contribution is 4.91. The summed E-state index contributed by atoms with van der Waals surface area (Å²) in [6.45, 7) is 10.6. The first-order chi connectivity index (χ1) is 8.11. The molecular weight excluding hydrogens is 210 g/mol. The van der Waals surface area contributed by atoms with Gasteiger partial charge in [0, 0.05) is 12.6 Å². The van der Waals surface area contributed by atoms with Crippen molar-refractivity contribution in [3.8, 4) is 0 Å². The summed E-state index contributed by atoms with van der Waals surface area (Å²) >= 11 is 0. The van der Waals surface area contributed by atoms with Crippen LogP contribution in [0.4, 0.5) is 0 Å². The molecule has 0 aromatic carbocycles. The van der Waals surface area contributed by atoms with Crippen molar-refractivity contribution in [1.82, 2.24) is 5.32 Å². The zero-order valence-corrected chi connectivity index (χ0v) is 12.2. The molecule has 17 heavy (non-hydrogen) atoms. The van der Waals surface area contributed by atoms with Gasteiger partial charge in [-0.3, -0.25) is 0 Å². The van der Waals surface area contributed by atoms with Crippen molar-refractivity contribution in [2.75, 3.05) is 13.2 Å². The zero-order valence-electron chi connectivity index (χ0n) is 12.2. The van der Waals surface area contributed by atoms with E-state index in [9.17, 15) is 0 Å². The molecule has 0 spiro atoms. The molecule has 0 heterocycles. The standard InChI is InChI=1S/C15H31NO/c1-5-16-14(15(3,4)17-6-2)13-11-9-7-8-10-12-13/h13-14,16H,5-12H2,1-4H3. The number of nitrogens with one attached hydrogen (secondary N) is 1. The fourth-order valence-electron chi connectivity index (χ4n) is 3.31. The summed E-state index contributed by atoms with van der Waals surface area (Å²) < 4.78 is 5.98. The molecule has 102 valence electrons. The number of likely N-dealkylation sites (N-methyl/N-ethyl adjacent to an activating group) is 1. The second-order valence-electron chi connectivity index (χ2n) is 5.82. The summed E-state index contributed by atoms with van der Waals surface area (Å²) in [5.74, 6) is 0.791. The lowest BCUT2D eigenvalue weighted by Crippen LogP contribution is -2.53. The lowest BCUT2D eigenvalue weighted by Gasteiger charge is -2.39. The molecule has 1 atom stereocenters. The summed E-state index contributed by atoms with van der Waals surface area (Å²) in [6, 6.07) is 0.505. The maximum atomic E-state index is 5.98. The molecule has 2 heteroatoms. The van der Waals surface area contributed by atoms with Crippen molar-refractivity contribution in [2.45, 2.75) is 77.9 Å². The van der Waals surface area contributed by atoms with Gasteiger partial charge in [0.1, 0.15) is 0 Å². The molecule has 0 aliphatic heterocycles. The van der Waals surface area contributed by atoms with Crippen molar-refractivity contribution in [1.29, 1.82) is 0 Å². The maximum Gasteiger partial charge on any atom is 0.0781 e. The smallest absolute Gasteiger partial charge is 0.0781 e. The van der Waals surface area contributed by atoms with Gasteiger partial charge in [0.05, 0.1) is 5.60 Å². The van der Waals surface area contributed by atoms with E-state index >= 15 is 0 Å². The van der Waals surface area contributed by atoms with E-state index in [1.807, 2.05) is 0 Å². The van der Waals surface area contributed by atoms with Crippen LogP contribution in [0.2, 0.25) is 0 Å². The fourth-order valence-corrected chi connectivity index (χ4v) is 3.31. The number of hydrogen-bond donors (Lipinski definition) is 1. The Balaban J connectivity index is 2.67. The fraction of sp³-hybridized carbons (Fsp3) is 1.00. The van der Waals surface area contributed by atoms with E-state index in [4.69, 9.17) is 4.74 Å². The molecule has 0 aromatic heterocycles. The van der Waals surface area contributed by atoms with Gasteiger partial charge in [-0.05, 0) is 46.1 Å². The normalized spacial score (nSPS) is 21.2. The van der Waals surface area contributed by atoms with Crippen LogP contribution in [0.15, 0.2) is 0 Å². The average molecular weight is 241 g/mol. The lowest BCUT2D eigenvalue weighted by atomic mass is 9.82. The van der Waals surface area contributed by atoms with Crippen LogP contribution in [-0.4, -0.2) is 24.8 Å². The molecule has 0 aromatic rings. The highest BCUT2D eigenvalue weighted by Gasteiger charge is 2.35. The Labute approximate surface area is 108 Å². The maximum absolute atomic E-state index is 5.98. The Morgan fingerprint density at radius 2 is 1.71 bits per heavy atom. The molecule has 1 aliphatic rings. The summed E-state index contributed by atoms with van der Waals surface area (Å²) in [6.07, 6.45) is 8.38. The van der Waals surface area contributed by atoms with Crippen LogP contribution in [-0.2, 0) is 4.74 Å². The summed E-state index contributed by atoms with van der Waals surface area (Å²) in [4.78, 5) is 0. The minimum atomic E-state index is -0.0419. The molecule has 1 unspecified atom stereocenters. The van der Waals surface area contributed by atoms with Gasteiger partial charge < -0.3 is 10.1 Å². The Bertz CT molecular complexity index is 195. The quantitative estimate of drug-likeness (QED) is 0.715. The van der Waals surface area contributed by atoms with E-state index in [2.05, 4.69) is 33.0 Å². The summed E-state index contributed by atoms with van der Waals surface area (Å²) in [7, 11) is 0. The van der Waals surface area contributed by atoms with E-state index in [0.717, 1.165) is 19.1 Å². The molecule has 0 saturated heterocycles. The average Bonchev–Trinajstić information content (AvgIpc) is 2.54. The largest absolute Gasteiger partial charge is 0.374 e. The van der Waals surface area contributed by atoms with Crippen LogP contribution >= 0.6 is 0 Å². The van der Waals surface area contributed by atoms with Crippen LogP contribution in [0, 0.1) is 5.92 Å². The van der Waals surface area contributed by atoms with Crippen LogP contribution in [0.1, 0.15) is 66.2 Å². The molecule has 1 aliphatic carbocycles. The zero-order chi connectivity index (χ0) is 12.7. The number of hydrogen-bond acceptors (Lipinski definition) is 2. The van der Waals surface area contributed by atoms with Crippen molar-refractivity contribution >= 4 is 0 Å². The van der Waals surface area contributed by atoms with Gasteiger partial charge in [-0.15, -0.1) is 0 Å². The number of ether oxygens (including phenoxy) is 1. The Morgan fingerprint density at radius 1 is 1.12 bits per heavy atom. The van der Waals surface area contributed by atoms with Gasteiger partial charge in [0.15, 0.2) is 0 Å². The minimum Gasteiger partial charge on any atom is -0.374 e. The van der Waals surface area contributed by atoms with E-state index in [0.29, 0.717) is 6.04 Å². The first-order valence-corrected chi connectivity index (χ1v) is 7.49. The van der Waals surface area contributed by atoms with Gasteiger partial charge in [-0.2, -0.15) is 0 Å². The van der Waals surface area contributed by atoms with Crippen LogP contribution in [0.3, 0.4) is 0 Å².